The van der Waals surface area contributed by atoms with Crippen LogP contribution in [0.3, 0.4) is 0 Å². The molecule has 1 amide bonds. The van der Waals surface area contributed by atoms with Crippen molar-refractivity contribution in [1.29, 1.82) is 0 Å². The first-order chi connectivity index (χ1) is 16.2. The highest BCUT2D eigenvalue weighted by Crippen LogP contribution is 2.33. The van der Waals surface area contributed by atoms with Gasteiger partial charge >= 0.3 is 0 Å². The number of carbonyl (C=O) groups is 1. The summed E-state index contributed by atoms with van der Waals surface area (Å²) in [7, 11) is 0. The Morgan fingerprint density at radius 2 is 2.00 bits per heavy atom. The zero-order valence-electron chi connectivity index (χ0n) is 18.7. The number of amides is 1. The van der Waals surface area contributed by atoms with E-state index in [0.717, 1.165) is 65.6 Å². The SMILES string of the molecule is Cc1cn2nc(C3CCCCN3C(=O)c3cc(-c4cccs4)[nH]n3)cc2nc1N1CCCC1. The molecule has 33 heavy (non-hydrogen) atoms. The van der Waals surface area contributed by atoms with E-state index >= 15 is 0 Å². The predicted molar refractivity (Wildman–Crippen MR) is 129 cm³/mol. The van der Waals surface area contributed by atoms with Crippen molar-refractivity contribution in [1.82, 2.24) is 29.7 Å². The molecule has 2 saturated heterocycles. The average molecular weight is 462 g/mol. The van der Waals surface area contributed by atoms with Gasteiger partial charge in [0.05, 0.1) is 22.3 Å². The molecule has 1 atom stereocenters. The van der Waals surface area contributed by atoms with Crippen LogP contribution in [0.4, 0.5) is 5.82 Å². The maximum atomic E-state index is 13.5. The largest absolute Gasteiger partial charge is 0.356 e. The topological polar surface area (TPSA) is 82.4 Å². The fourth-order valence-electron chi connectivity index (χ4n) is 5.05. The van der Waals surface area contributed by atoms with Crippen LogP contribution in [-0.2, 0) is 0 Å². The molecule has 8 nitrogen and oxygen atoms in total. The summed E-state index contributed by atoms with van der Waals surface area (Å²) in [4.78, 5) is 23.8. The summed E-state index contributed by atoms with van der Waals surface area (Å²) in [5, 5.41) is 14.2. The van der Waals surface area contributed by atoms with Crippen LogP contribution in [0.5, 0.6) is 0 Å². The molecular formula is C24H27N7OS. The number of nitrogens with zero attached hydrogens (tertiary/aromatic N) is 6. The summed E-state index contributed by atoms with van der Waals surface area (Å²) in [6.07, 6.45) is 7.48. The normalized spacial score (nSPS) is 19.0. The monoisotopic (exact) mass is 461 g/mol. The van der Waals surface area contributed by atoms with Gasteiger partial charge in [-0.3, -0.25) is 9.89 Å². The van der Waals surface area contributed by atoms with Crippen molar-refractivity contribution in [2.45, 2.75) is 45.1 Å². The Morgan fingerprint density at radius 3 is 2.82 bits per heavy atom. The second-order valence-electron chi connectivity index (χ2n) is 8.97. The van der Waals surface area contributed by atoms with Gasteiger partial charge in [-0.15, -0.1) is 11.3 Å². The van der Waals surface area contributed by atoms with Crippen molar-refractivity contribution < 1.29 is 4.79 Å². The highest BCUT2D eigenvalue weighted by molar-refractivity contribution is 7.13. The van der Waals surface area contributed by atoms with Crippen LogP contribution in [-0.4, -0.2) is 55.2 Å². The summed E-state index contributed by atoms with van der Waals surface area (Å²) < 4.78 is 1.87. The molecule has 6 rings (SSSR count). The van der Waals surface area contributed by atoms with Gasteiger partial charge in [-0.05, 0) is 56.5 Å². The quantitative estimate of drug-likeness (QED) is 0.485. The number of aromatic amines is 1. The van der Waals surface area contributed by atoms with E-state index in [9.17, 15) is 4.79 Å². The summed E-state index contributed by atoms with van der Waals surface area (Å²) in [6.45, 7) is 4.94. The van der Waals surface area contributed by atoms with E-state index in [1.54, 1.807) is 11.3 Å². The Kier molecular flexibility index (Phi) is 5.13. The number of rotatable bonds is 4. The Balaban J connectivity index is 1.30. The molecule has 170 valence electrons. The van der Waals surface area contributed by atoms with E-state index in [4.69, 9.17) is 10.1 Å². The summed E-state index contributed by atoms with van der Waals surface area (Å²) in [5.41, 5.74) is 4.22. The number of aromatic nitrogens is 5. The summed E-state index contributed by atoms with van der Waals surface area (Å²) in [6, 6.07) is 7.87. The molecule has 2 aliphatic heterocycles. The molecule has 4 aromatic rings. The first-order valence-corrected chi connectivity index (χ1v) is 12.6. The van der Waals surface area contributed by atoms with Gasteiger partial charge in [-0.1, -0.05) is 6.07 Å². The zero-order chi connectivity index (χ0) is 22.4. The van der Waals surface area contributed by atoms with E-state index in [1.165, 1.54) is 12.8 Å². The van der Waals surface area contributed by atoms with Gasteiger partial charge in [-0.2, -0.15) is 10.2 Å². The minimum Gasteiger partial charge on any atom is -0.356 e. The van der Waals surface area contributed by atoms with Gasteiger partial charge < -0.3 is 9.80 Å². The maximum absolute atomic E-state index is 13.5. The van der Waals surface area contributed by atoms with Crippen molar-refractivity contribution in [2.75, 3.05) is 24.5 Å². The minimum atomic E-state index is -0.0645. The van der Waals surface area contributed by atoms with E-state index in [-0.39, 0.29) is 11.9 Å². The number of hydrogen-bond acceptors (Lipinski definition) is 6. The van der Waals surface area contributed by atoms with Gasteiger partial charge in [0.25, 0.3) is 5.91 Å². The smallest absolute Gasteiger partial charge is 0.274 e. The third-order valence-corrected chi connectivity index (χ3v) is 7.62. The van der Waals surface area contributed by atoms with Crippen LogP contribution in [0.1, 0.15) is 59.9 Å². The van der Waals surface area contributed by atoms with Gasteiger partial charge in [0.1, 0.15) is 5.82 Å². The first-order valence-electron chi connectivity index (χ1n) is 11.7. The lowest BCUT2D eigenvalue weighted by Gasteiger charge is -2.34. The van der Waals surface area contributed by atoms with Crippen molar-refractivity contribution in [3.63, 3.8) is 0 Å². The number of nitrogens with one attached hydrogen (secondary N) is 1. The van der Waals surface area contributed by atoms with Crippen molar-refractivity contribution in [3.05, 3.63) is 52.8 Å². The van der Waals surface area contributed by atoms with Crippen molar-refractivity contribution in [3.8, 4) is 10.6 Å². The summed E-state index contributed by atoms with van der Waals surface area (Å²) in [5.74, 6) is 1.01. The van der Waals surface area contributed by atoms with Gasteiger partial charge in [0, 0.05) is 37.5 Å². The third-order valence-electron chi connectivity index (χ3n) is 6.72. The Bertz CT molecular complexity index is 1290. The van der Waals surface area contributed by atoms with E-state index < -0.39 is 0 Å². The second kappa shape index (κ2) is 8.30. The molecule has 0 bridgehead atoms. The number of carbonyl (C=O) groups excluding carboxylic acids is 1. The average Bonchev–Trinajstić information content (AvgIpc) is 3.63. The number of H-pyrrole nitrogens is 1. The first kappa shape index (κ1) is 20.4. The number of fused-ring (bicyclic) bond motifs is 1. The Morgan fingerprint density at radius 1 is 1.15 bits per heavy atom. The number of likely N-dealkylation sites (tertiary alicyclic amines) is 1. The molecular weight excluding hydrogens is 434 g/mol. The van der Waals surface area contributed by atoms with E-state index in [1.807, 2.05) is 33.0 Å². The van der Waals surface area contributed by atoms with Crippen LogP contribution in [0.2, 0.25) is 0 Å². The fourth-order valence-corrected chi connectivity index (χ4v) is 5.74. The molecule has 1 unspecified atom stereocenters. The lowest BCUT2D eigenvalue weighted by Crippen LogP contribution is -2.38. The minimum absolute atomic E-state index is 0.0438. The molecule has 0 radical (unpaired) electrons. The number of aryl methyl sites for hydroxylation is 1. The van der Waals surface area contributed by atoms with Crippen LogP contribution in [0.15, 0.2) is 35.8 Å². The van der Waals surface area contributed by atoms with Gasteiger partial charge in [0.15, 0.2) is 11.3 Å². The Hall–Kier alpha value is -3.20. The lowest BCUT2D eigenvalue weighted by atomic mass is 9.99. The zero-order valence-corrected chi connectivity index (χ0v) is 19.5. The third kappa shape index (κ3) is 3.70. The molecule has 2 aliphatic rings. The van der Waals surface area contributed by atoms with Crippen molar-refractivity contribution >= 4 is 28.7 Å². The van der Waals surface area contributed by atoms with Crippen molar-refractivity contribution in [2.24, 2.45) is 0 Å². The molecule has 1 N–H and O–H groups in total. The molecule has 4 aromatic heterocycles. The number of anilines is 1. The highest BCUT2D eigenvalue weighted by atomic mass is 32.1. The standard InChI is InChI=1S/C24H27N7OS/c1-16-15-31-22(25-23(16)29-9-4-5-10-29)14-17(28-31)20-7-2-3-11-30(20)24(32)19-13-18(26-27-19)21-8-6-12-33-21/h6,8,12-15,20H,2-5,7,9-11H2,1H3,(H,26,27). The lowest BCUT2D eigenvalue weighted by molar-refractivity contribution is 0.0599. The van der Waals surface area contributed by atoms with E-state index in [0.29, 0.717) is 12.2 Å². The molecule has 0 aliphatic carbocycles. The van der Waals surface area contributed by atoms with Crippen LogP contribution in [0.25, 0.3) is 16.2 Å². The van der Waals surface area contributed by atoms with Gasteiger partial charge in [0.2, 0.25) is 0 Å². The fraction of sp³-hybridized carbons (Fsp3) is 0.417. The maximum Gasteiger partial charge on any atom is 0.274 e. The van der Waals surface area contributed by atoms with E-state index in [2.05, 4.69) is 34.3 Å². The second-order valence-corrected chi connectivity index (χ2v) is 9.92. The molecule has 6 heterocycles. The number of hydrogen-bond donors (Lipinski definition) is 1. The summed E-state index contributed by atoms with van der Waals surface area (Å²) >= 11 is 1.63. The molecule has 9 heteroatoms. The molecule has 2 fully saturated rings. The van der Waals surface area contributed by atoms with Crippen LogP contribution < -0.4 is 4.90 Å². The predicted octanol–water partition coefficient (Wildman–Crippen LogP) is 4.46. The number of piperidine rings is 1. The van der Waals surface area contributed by atoms with Gasteiger partial charge in [-0.25, -0.2) is 9.50 Å². The van der Waals surface area contributed by atoms with Crippen LogP contribution >= 0.6 is 11.3 Å². The van der Waals surface area contributed by atoms with Crippen LogP contribution in [0, 0.1) is 6.92 Å². The Labute approximate surface area is 196 Å². The molecule has 0 spiro atoms. The highest BCUT2D eigenvalue weighted by Gasteiger charge is 2.32. The molecule has 0 saturated carbocycles. The molecule has 0 aromatic carbocycles. The number of thiophene rings is 1.